The largest absolute Gasteiger partial charge is 0.507 e. The molecule has 1 aliphatic carbocycles. The number of rotatable bonds is 1. The van der Waals surface area contributed by atoms with Crippen molar-refractivity contribution in [1.29, 1.82) is 0 Å². The molecule has 1 aliphatic heterocycles. The maximum Gasteiger partial charge on any atom is 0.136 e. The van der Waals surface area contributed by atoms with Gasteiger partial charge >= 0.3 is 0 Å². The molecule has 0 amide bonds. The predicted octanol–water partition coefficient (Wildman–Crippen LogP) is 5.68. The second-order valence-corrected chi connectivity index (χ2v) is 8.78. The third kappa shape index (κ3) is 2.55. The monoisotopic (exact) mass is 376 g/mol. The highest BCUT2D eigenvalue weighted by atomic mass is 16.5. The molecule has 144 valence electrons. The Bertz CT molecular complexity index is 1060. The van der Waals surface area contributed by atoms with Crippen LogP contribution < -0.4 is 4.74 Å². The lowest BCUT2D eigenvalue weighted by Gasteiger charge is -2.48. The molecule has 28 heavy (non-hydrogen) atoms. The molecule has 4 heteroatoms. The van der Waals surface area contributed by atoms with Crippen LogP contribution in [0, 0.1) is 11.8 Å². The maximum atomic E-state index is 12.3. The van der Waals surface area contributed by atoms with Crippen molar-refractivity contribution in [3.8, 4) is 22.8 Å². The number of aromatic hydroxyl groups is 1. The Balaban J connectivity index is 1.63. The number of phenols is 1. The van der Waals surface area contributed by atoms with Gasteiger partial charge in [0, 0.05) is 34.8 Å². The van der Waals surface area contributed by atoms with Crippen LogP contribution in [0.5, 0.6) is 11.5 Å². The van der Waals surface area contributed by atoms with E-state index in [1.807, 2.05) is 57.2 Å². The number of hydrogen-bond donors (Lipinski definition) is 1. The molecule has 1 saturated carbocycles. The summed E-state index contributed by atoms with van der Waals surface area (Å²) in [4.78, 5) is 12.3. The lowest BCUT2D eigenvalue weighted by Crippen LogP contribution is -2.48. The van der Waals surface area contributed by atoms with Crippen molar-refractivity contribution >= 4 is 16.8 Å². The Morgan fingerprint density at radius 1 is 1.14 bits per heavy atom. The molecule has 1 N–H and O–H groups in total. The first-order valence-electron chi connectivity index (χ1n) is 9.91. The number of ketones is 1. The standard InChI is InChI=1S/C24H24O4/c1-13-8-16-17(12-18(13)25)24(2,3)28-22-11-15(9-19(26)23(16)22)21-10-14-6-4-5-7-20(14)27-21/h4-7,9-11,13,16-17,26H,8,12H2,1-3H3/t13-,16+,17+/m1/s1. The summed E-state index contributed by atoms with van der Waals surface area (Å²) in [6, 6.07) is 13.6. The number of ether oxygens (including phenoxy) is 1. The van der Waals surface area contributed by atoms with Gasteiger partial charge in [0.15, 0.2) is 0 Å². The molecule has 0 bridgehead atoms. The van der Waals surface area contributed by atoms with Gasteiger partial charge in [-0.3, -0.25) is 4.79 Å². The first-order valence-corrected chi connectivity index (χ1v) is 9.91. The summed E-state index contributed by atoms with van der Waals surface area (Å²) < 4.78 is 12.3. The minimum absolute atomic E-state index is 0.0115. The Labute approximate surface area is 164 Å². The Morgan fingerprint density at radius 3 is 2.71 bits per heavy atom. The molecule has 3 aromatic rings. The summed E-state index contributed by atoms with van der Waals surface area (Å²) in [6.07, 6.45) is 1.25. The van der Waals surface area contributed by atoms with Crippen molar-refractivity contribution in [2.45, 2.75) is 45.1 Å². The van der Waals surface area contributed by atoms with Crippen LogP contribution in [-0.2, 0) is 4.79 Å². The minimum Gasteiger partial charge on any atom is -0.507 e. The van der Waals surface area contributed by atoms with Crippen molar-refractivity contribution in [1.82, 2.24) is 0 Å². The third-order valence-corrected chi connectivity index (χ3v) is 6.53. The van der Waals surface area contributed by atoms with Crippen LogP contribution >= 0.6 is 0 Å². The first-order chi connectivity index (χ1) is 13.3. The second-order valence-electron chi connectivity index (χ2n) is 8.78. The molecule has 0 spiro atoms. The lowest BCUT2D eigenvalue weighted by atomic mass is 9.63. The Kier molecular flexibility index (Phi) is 3.64. The van der Waals surface area contributed by atoms with Crippen molar-refractivity contribution in [3.05, 3.63) is 48.0 Å². The number of fused-ring (bicyclic) bond motifs is 4. The molecule has 5 rings (SSSR count). The fourth-order valence-electron chi connectivity index (χ4n) is 4.98. The Hall–Kier alpha value is -2.75. The van der Waals surface area contributed by atoms with Gasteiger partial charge < -0.3 is 14.3 Å². The SMILES string of the molecule is C[C@@H]1C[C@@H]2c3c(O)cc(-c4cc5ccccc5o4)cc3OC(C)(C)[C@H]2CC1=O. The smallest absolute Gasteiger partial charge is 0.136 e. The van der Waals surface area contributed by atoms with Crippen molar-refractivity contribution in [3.63, 3.8) is 0 Å². The molecule has 0 unspecified atom stereocenters. The maximum absolute atomic E-state index is 12.3. The summed E-state index contributed by atoms with van der Waals surface area (Å²) in [7, 11) is 0. The topological polar surface area (TPSA) is 59.7 Å². The van der Waals surface area contributed by atoms with E-state index < -0.39 is 5.60 Å². The minimum atomic E-state index is -0.466. The highest BCUT2D eigenvalue weighted by Crippen LogP contribution is 2.55. The molecule has 0 saturated heterocycles. The molecular formula is C24H24O4. The van der Waals surface area contributed by atoms with E-state index in [4.69, 9.17) is 9.15 Å². The van der Waals surface area contributed by atoms with Crippen LogP contribution in [0.4, 0.5) is 0 Å². The van der Waals surface area contributed by atoms with Crippen LogP contribution in [-0.4, -0.2) is 16.5 Å². The molecular weight excluding hydrogens is 352 g/mol. The molecule has 1 aromatic heterocycles. The van der Waals surface area contributed by atoms with Gasteiger partial charge in [-0.2, -0.15) is 0 Å². The average molecular weight is 376 g/mol. The Morgan fingerprint density at radius 2 is 1.93 bits per heavy atom. The quantitative estimate of drug-likeness (QED) is 0.594. The zero-order chi connectivity index (χ0) is 19.6. The first kappa shape index (κ1) is 17.4. The molecule has 0 radical (unpaired) electrons. The van der Waals surface area contributed by atoms with Crippen molar-refractivity contribution in [2.24, 2.45) is 11.8 Å². The van der Waals surface area contributed by atoms with Crippen LogP contribution in [0.25, 0.3) is 22.3 Å². The van der Waals surface area contributed by atoms with Gasteiger partial charge in [-0.1, -0.05) is 25.1 Å². The van der Waals surface area contributed by atoms with E-state index in [1.54, 1.807) is 6.07 Å². The summed E-state index contributed by atoms with van der Waals surface area (Å²) in [5.74, 6) is 2.12. The van der Waals surface area contributed by atoms with Gasteiger partial charge in [-0.15, -0.1) is 0 Å². The highest BCUT2D eigenvalue weighted by molar-refractivity contribution is 5.84. The van der Waals surface area contributed by atoms with Gasteiger partial charge in [0.05, 0.1) is 0 Å². The predicted molar refractivity (Wildman–Crippen MR) is 108 cm³/mol. The highest BCUT2D eigenvalue weighted by Gasteiger charge is 2.49. The van der Waals surface area contributed by atoms with Crippen LogP contribution in [0.1, 0.15) is 45.1 Å². The van der Waals surface area contributed by atoms with Gasteiger partial charge in [0.1, 0.15) is 34.2 Å². The summed E-state index contributed by atoms with van der Waals surface area (Å²) in [6.45, 7) is 6.07. The number of para-hydroxylation sites is 1. The average Bonchev–Trinajstić information content (AvgIpc) is 3.07. The number of furan rings is 1. The van der Waals surface area contributed by atoms with Gasteiger partial charge in [0.25, 0.3) is 0 Å². The molecule has 1 fully saturated rings. The van der Waals surface area contributed by atoms with E-state index in [0.29, 0.717) is 23.7 Å². The number of hydrogen-bond acceptors (Lipinski definition) is 4. The van der Waals surface area contributed by atoms with Crippen molar-refractivity contribution in [2.75, 3.05) is 0 Å². The van der Waals surface area contributed by atoms with E-state index in [0.717, 1.165) is 28.5 Å². The van der Waals surface area contributed by atoms with E-state index in [2.05, 4.69) is 0 Å². The van der Waals surface area contributed by atoms with Gasteiger partial charge in [-0.25, -0.2) is 0 Å². The zero-order valence-corrected chi connectivity index (χ0v) is 16.4. The van der Waals surface area contributed by atoms with Crippen LogP contribution in [0.3, 0.4) is 0 Å². The fourth-order valence-corrected chi connectivity index (χ4v) is 4.98. The van der Waals surface area contributed by atoms with Gasteiger partial charge in [0.2, 0.25) is 0 Å². The summed E-state index contributed by atoms with van der Waals surface area (Å²) in [5.41, 5.74) is 1.98. The van der Waals surface area contributed by atoms with E-state index in [9.17, 15) is 9.90 Å². The fraction of sp³-hybridized carbons (Fsp3) is 0.375. The van der Waals surface area contributed by atoms with E-state index in [-0.39, 0.29) is 23.5 Å². The number of carbonyl (C=O) groups excluding carboxylic acids is 1. The summed E-state index contributed by atoms with van der Waals surface area (Å²) >= 11 is 0. The van der Waals surface area contributed by atoms with Crippen LogP contribution in [0.2, 0.25) is 0 Å². The van der Waals surface area contributed by atoms with Crippen LogP contribution in [0.15, 0.2) is 46.9 Å². The molecule has 2 aromatic carbocycles. The normalized spacial score (nSPS) is 25.8. The van der Waals surface area contributed by atoms with E-state index >= 15 is 0 Å². The van der Waals surface area contributed by atoms with Gasteiger partial charge in [-0.05, 0) is 50.5 Å². The molecule has 2 aliphatic rings. The number of Topliss-reactive ketones (excluding diaryl/α,β-unsaturated/α-hetero) is 1. The third-order valence-electron chi connectivity index (χ3n) is 6.53. The second kappa shape index (κ2) is 5.87. The lowest BCUT2D eigenvalue weighted by molar-refractivity contribution is -0.130. The number of carbonyl (C=O) groups is 1. The van der Waals surface area contributed by atoms with Crippen molar-refractivity contribution < 1.29 is 19.1 Å². The zero-order valence-electron chi connectivity index (χ0n) is 16.4. The number of phenolic OH excluding ortho intramolecular Hbond substituents is 1. The molecule has 3 atom stereocenters. The molecule has 2 heterocycles. The number of benzene rings is 2. The van der Waals surface area contributed by atoms with E-state index in [1.165, 1.54) is 0 Å². The summed E-state index contributed by atoms with van der Waals surface area (Å²) in [5, 5.41) is 12.0. The molecule has 4 nitrogen and oxygen atoms in total.